The van der Waals surface area contributed by atoms with Gasteiger partial charge in [-0.15, -0.1) is 0 Å². The number of rotatable bonds is 2. The number of aliphatic hydroxyl groups is 1. The van der Waals surface area contributed by atoms with Gasteiger partial charge in [-0.25, -0.2) is 9.98 Å². The fourth-order valence-electron chi connectivity index (χ4n) is 3.24. The highest BCUT2D eigenvalue weighted by atomic mass is 16.3. The molecule has 0 aromatic carbocycles. The van der Waals surface area contributed by atoms with Crippen LogP contribution in [0.15, 0.2) is 35.2 Å². The zero-order valence-corrected chi connectivity index (χ0v) is 13.1. The molecule has 124 valence electrons. The number of hydrogen-bond donors (Lipinski definition) is 4. The predicted octanol–water partition coefficient (Wildman–Crippen LogP) is 1.28. The zero-order valence-electron chi connectivity index (χ0n) is 13.1. The number of guanidine groups is 1. The van der Waals surface area contributed by atoms with E-state index in [2.05, 4.69) is 25.6 Å². The number of amides is 1. The van der Waals surface area contributed by atoms with Crippen molar-refractivity contribution in [3.05, 3.63) is 35.8 Å². The van der Waals surface area contributed by atoms with Crippen molar-refractivity contribution in [1.82, 2.24) is 20.6 Å². The van der Waals surface area contributed by atoms with E-state index in [0.717, 1.165) is 42.3 Å². The Morgan fingerprint density at radius 2 is 2.21 bits per heavy atom. The first-order chi connectivity index (χ1) is 11.7. The van der Waals surface area contributed by atoms with Crippen LogP contribution < -0.4 is 10.6 Å². The van der Waals surface area contributed by atoms with Crippen LogP contribution in [0.4, 0.5) is 0 Å². The van der Waals surface area contributed by atoms with Crippen molar-refractivity contribution in [2.75, 3.05) is 0 Å². The maximum atomic E-state index is 12.1. The Hall–Kier alpha value is -2.67. The minimum atomic E-state index is -0.397. The molecule has 0 bridgehead atoms. The number of carbonyl (C=O) groups excluding carboxylic acids is 1. The Labute approximate surface area is 138 Å². The first kappa shape index (κ1) is 14.9. The Kier molecular flexibility index (Phi) is 3.78. The van der Waals surface area contributed by atoms with E-state index in [9.17, 15) is 9.90 Å². The summed E-state index contributed by atoms with van der Waals surface area (Å²) in [6, 6.07) is 3.74. The van der Waals surface area contributed by atoms with E-state index in [1.54, 1.807) is 12.3 Å². The number of H-pyrrole nitrogens is 1. The van der Waals surface area contributed by atoms with Crippen LogP contribution in [0.3, 0.4) is 0 Å². The number of aromatic nitrogens is 2. The van der Waals surface area contributed by atoms with Crippen molar-refractivity contribution >= 4 is 29.0 Å². The van der Waals surface area contributed by atoms with Gasteiger partial charge in [0, 0.05) is 23.3 Å². The molecule has 1 amide bonds. The van der Waals surface area contributed by atoms with E-state index in [0.29, 0.717) is 11.7 Å². The van der Waals surface area contributed by atoms with Gasteiger partial charge in [0.25, 0.3) is 5.91 Å². The number of nitrogens with zero attached hydrogens (tertiary/aromatic N) is 2. The molecule has 7 nitrogen and oxygen atoms in total. The lowest BCUT2D eigenvalue weighted by atomic mass is 9.93. The minimum absolute atomic E-state index is 0.0607. The van der Waals surface area contributed by atoms with Gasteiger partial charge in [0.2, 0.25) is 5.96 Å². The lowest BCUT2D eigenvalue weighted by molar-refractivity contribution is -0.115. The Morgan fingerprint density at radius 1 is 1.33 bits per heavy atom. The van der Waals surface area contributed by atoms with Gasteiger partial charge in [-0.3, -0.25) is 10.1 Å². The van der Waals surface area contributed by atoms with Gasteiger partial charge in [0.05, 0.1) is 12.1 Å². The van der Waals surface area contributed by atoms with E-state index >= 15 is 0 Å². The Balaban J connectivity index is 1.57. The standard InChI is InChI=1S/C17H19N5O2/c23-14-6-2-1-5-12(14)20-17-21-13(16(24)22-17)8-10-9-19-15-11(10)4-3-7-18-15/h3-4,7-9,12,14,23H,1-2,5-6H2,(H,18,19)(H2,20,21,22,24)/t12?,14-/m0/s1. The van der Waals surface area contributed by atoms with E-state index in [-0.39, 0.29) is 11.9 Å². The van der Waals surface area contributed by atoms with E-state index in [4.69, 9.17) is 0 Å². The third-order valence-corrected chi connectivity index (χ3v) is 4.52. The molecule has 4 rings (SSSR count). The molecule has 1 unspecified atom stereocenters. The summed E-state index contributed by atoms with van der Waals surface area (Å²) in [5, 5.41) is 16.9. The molecule has 0 saturated heterocycles. The highest BCUT2D eigenvalue weighted by Gasteiger charge is 2.27. The number of pyridine rings is 1. The minimum Gasteiger partial charge on any atom is -0.391 e. The Morgan fingerprint density at radius 3 is 3.08 bits per heavy atom. The molecule has 0 spiro atoms. The third kappa shape index (κ3) is 2.78. The van der Waals surface area contributed by atoms with Gasteiger partial charge >= 0.3 is 0 Å². The van der Waals surface area contributed by atoms with Crippen molar-refractivity contribution < 1.29 is 9.90 Å². The van der Waals surface area contributed by atoms with E-state index in [1.165, 1.54) is 0 Å². The monoisotopic (exact) mass is 325 g/mol. The zero-order chi connectivity index (χ0) is 16.5. The average molecular weight is 325 g/mol. The van der Waals surface area contributed by atoms with Crippen LogP contribution in [0.5, 0.6) is 0 Å². The second kappa shape index (κ2) is 6.09. The molecule has 2 atom stereocenters. The summed E-state index contributed by atoms with van der Waals surface area (Å²) >= 11 is 0. The number of fused-ring (bicyclic) bond motifs is 1. The predicted molar refractivity (Wildman–Crippen MR) is 91.0 cm³/mol. The second-order valence-electron chi connectivity index (χ2n) is 6.19. The summed E-state index contributed by atoms with van der Waals surface area (Å²) < 4.78 is 0. The Bertz CT molecular complexity index is 838. The fraction of sp³-hybridized carbons (Fsp3) is 0.353. The maximum absolute atomic E-state index is 12.1. The summed E-state index contributed by atoms with van der Waals surface area (Å²) in [6.45, 7) is 0. The molecule has 3 heterocycles. The van der Waals surface area contributed by atoms with Crippen molar-refractivity contribution in [2.24, 2.45) is 4.99 Å². The number of aliphatic imine (C=N–C) groups is 1. The second-order valence-corrected chi connectivity index (χ2v) is 6.19. The summed E-state index contributed by atoms with van der Waals surface area (Å²) in [5.41, 5.74) is 1.98. The van der Waals surface area contributed by atoms with Gasteiger partial charge in [-0.05, 0) is 31.1 Å². The quantitative estimate of drug-likeness (QED) is 0.625. The van der Waals surface area contributed by atoms with Crippen LogP contribution in [-0.2, 0) is 4.79 Å². The van der Waals surface area contributed by atoms with Crippen molar-refractivity contribution in [3.8, 4) is 0 Å². The topological polar surface area (TPSA) is 102 Å². The molecular formula is C17H19N5O2. The molecular weight excluding hydrogens is 306 g/mol. The summed E-state index contributed by atoms with van der Waals surface area (Å²) in [6.07, 6.45) is 8.64. The molecule has 2 aromatic heterocycles. The molecule has 7 heteroatoms. The van der Waals surface area contributed by atoms with Crippen LogP contribution in [0, 0.1) is 0 Å². The van der Waals surface area contributed by atoms with Gasteiger partial charge in [-0.1, -0.05) is 12.8 Å². The number of carbonyl (C=O) groups is 1. The summed E-state index contributed by atoms with van der Waals surface area (Å²) in [4.78, 5) is 23.8. The number of nitrogens with one attached hydrogen (secondary N) is 3. The van der Waals surface area contributed by atoms with Crippen molar-refractivity contribution in [2.45, 2.75) is 37.8 Å². The first-order valence-electron chi connectivity index (χ1n) is 8.19. The van der Waals surface area contributed by atoms with Gasteiger partial charge < -0.3 is 15.4 Å². The van der Waals surface area contributed by atoms with Gasteiger partial charge in [-0.2, -0.15) is 0 Å². The van der Waals surface area contributed by atoms with Gasteiger partial charge in [0.15, 0.2) is 0 Å². The molecule has 2 aliphatic rings. The van der Waals surface area contributed by atoms with Crippen LogP contribution in [0.2, 0.25) is 0 Å². The van der Waals surface area contributed by atoms with Crippen LogP contribution in [-0.4, -0.2) is 39.1 Å². The summed E-state index contributed by atoms with van der Waals surface area (Å²) in [5.74, 6) is 0.163. The molecule has 1 aliphatic heterocycles. The van der Waals surface area contributed by atoms with Crippen LogP contribution >= 0.6 is 0 Å². The van der Waals surface area contributed by atoms with Crippen molar-refractivity contribution in [3.63, 3.8) is 0 Å². The SMILES string of the molecule is O=C1NC(NC2CCCC[C@@H]2O)=NC1=Cc1c[nH]c2ncccc12. The molecule has 0 radical (unpaired) electrons. The van der Waals surface area contributed by atoms with Gasteiger partial charge in [0.1, 0.15) is 11.3 Å². The molecule has 1 aliphatic carbocycles. The maximum Gasteiger partial charge on any atom is 0.276 e. The first-order valence-corrected chi connectivity index (χ1v) is 8.19. The highest BCUT2D eigenvalue weighted by Crippen LogP contribution is 2.21. The number of hydrogen-bond acceptors (Lipinski definition) is 5. The summed E-state index contributed by atoms with van der Waals surface area (Å²) in [7, 11) is 0. The highest BCUT2D eigenvalue weighted by molar-refractivity contribution is 6.14. The number of aromatic amines is 1. The molecule has 4 N–H and O–H groups in total. The third-order valence-electron chi connectivity index (χ3n) is 4.52. The lowest BCUT2D eigenvalue weighted by Crippen LogP contribution is -2.49. The number of aliphatic hydroxyl groups excluding tert-OH is 1. The molecule has 24 heavy (non-hydrogen) atoms. The van der Waals surface area contributed by atoms with Crippen LogP contribution in [0.25, 0.3) is 17.1 Å². The molecule has 1 saturated carbocycles. The molecule has 2 aromatic rings. The van der Waals surface area contributed by atoms with E-state index in [1.807, 2.05) is 18.3 Å². The van der Waals surface area contributed by atoms with Crippen molar-refractivity contribution in [1.29, 1.82) is 0 Å². The smallest absolute Gasteiger partial charge is 0.276 e. The normalized spacial score (nSPS) is 25.8. The van der Waals surface area contributed by atoms with E-state index < -0.39 is 6.10 Å². The average Bonchev–Trinajstić information content (AvgIpc) is 3.14. The largest absolute Gasteiger partial charge is 0.391 e. The molecule has 1 fully saturated rings. The lowest BCUT2D eigenvalue weighted by Gasteiger charge is -2.28. The van der Waals surface area contributed by atoms with Crippen LogP contribution in [0.1, 0.15) is 31.2 Å². The fourth-order valence-corrected chi connectivity index (χ4v) is 3.24.